The maximum Gasteiger partial charge on any atom is 0.393 e. The Kier molecular flexibility index (Phi) is 4.06. The van der Waals surface area contributed by atoms with E-state index in [1.807, 2.05) is 0 Å². The highest BCUT2D eigenvalue weighted by Gasteiger charge is 2.32. The van der Waals surface area contributed by atoms with Gasteiger partial charge in [-0.05, 0) is 12.0 Å². The summed E-state index contributed by atoms with van der Waals surface area (Å²) in [6.45, 7) is 3.43. The van der Waals surface area contributed by atoms with Crippen molar-refractivity contribution < 1.29 is 22.7 Å². The van der Waals surface area contributed by atoms with Crippen LogP contribution < -0.4 is 0 Å². The van der Waals surface area contributed by atoms with E-state index in [4.69, 9.17) is 0 Å². The monoisotopic (exact) mass is 314 g/mol. The fraction of sp³-hybridized carbons (Fsp3) is 0.455. The van der Waals surface area contributed by atoms with Crippen LogP contribution in [0.2, 0.25) is 0 Å². The van der Waals surface area contributed by atoms with Gasteiger partial charge in [-0.3, -0.25) is 0 Å². The van der Waals surface area contributed by atoms with E-state index in [9.17, 15) is 22.7 Å². The lowest BCUT2D eigenvalue weighted by Gasteiger charge is -2.15. The molecule has 0 bridgehead atoms. The quantitative estimate of drug-likeness (QED) is 0.796. The molecule has 1 rings (SSSR count). The van der Waals surface area contributed by atoms with Crippen molar-refractivity contribution in [3.63, 3.8) is 0 Å². The van der Waals surface area contributed by atoms with E-state index >= 15 is 0 Å². The van der Waals surface area contributed by atoms with Gasteiger partial charge in [-0.2, -0.15) is 13.2 Å². The summed E-state index contributed by atoms with van der Waals surface area (Å²) in [5, 5.41) is 9.51. The molecule has 1 aromatic rings. The maximum absolute atomic E-state index is 13.6. The zero-order valence-electron chi connectivity index (χ0n) is 9.20. The number of hydrogen-bond donors (Lipinski definition) is 1. The predicted octanol–water partition coefficient (Wildman–Crippen LogP) is 4.52. The first-order chi connectivity index (χ1) is 7.63. The first-order valence-electron chi connectivity index (χ1n) is 4.90. The molecule has 1 nitrogen and oxygen atoms in total. The number of rotatable bonds is 2. The minimum absolute atomic E-state index is 0.0221. The van der Waals surface area contributed by atoms with E-state index < -0.39 is 29.7 Å². The lowest BCUT2D eigenvalue weighted by Crippen LogP contribution is -2.14. The normalized spacial score (nSPS) is 12.2. The molecule has 0 aliphatic heterocycles. The molecule has 6 heteroatoms. The van der Waals surface area contributed by atoms with Gasteiger partial charge >= 0.3 is 6.18 Å². The van der Waals surface area contributed by atoms with E-state index in [1.54, 1.807) is 13.8 Å². The van der Waals surface area contributed by atoms with Gasteiger partial charge in [0.05, 0.1) is 6.42 Å². The molecule has 0 saturated carbocycles. The van der Waals surface area contributed by atoms with Gasteiger partial charge in [-0.1, -0.05) is 29.8 Å². The smallest absolute Gasteiger partial charge is 0.393 e. The van der Waals surface area contributed by atoms with Crippen molar-refractivity contribution in [2.45, 2.75) is 32.4 Å². The molecule has 0 amide bonds. The summed E-state index contributed by atoms with van der Waals surface area (Å²) in [4.78, 5) is 0. The van der Waals surface area contributed by atoms with Gasteiger partial charge in [-0.25, -0.2) is 4.39 Å². The molecular formula is C11H11BrF4O. The summed E-state index contributed by atoms with van der Waals surface area (Å²) in [5.41, 5.74) is -0.292. The van der Waals surface area contributed by atoms with Crippen LogP contribution in [-0.4, -0.2) is 11.3 Å². The molecule has 0 aliphatic rings. The summed E-state index contributed by atoms with van der Waals surface area (Å²) in [6.07, 6.45) is -5.93. The van der Waals surface area contributed by atoms with E-state index in [0.29, 0.717) is 0 Å². The van der Waals surface area contributed by atoms with Crippen LogP contribution in [0, 0.1) is 5.82 Å². The molecule has 1 N–H and O–H groups in total. The van der Waals surface area contributed by atoms with Crippen molar-refractivity contribution >= 4 is 15.9 Å². The van der Waals surface area contributed by atoms with Crippen LogP contribution in [0.25, 0.3) is 0 Å². The molecular weight excluding hydrogens is 304 g/mol. The third-order valence-electron chi connectivity index (χ3n) is 2.32. The van der Waals surface area contributed by atoms with Crippen LogP contribution in [0.4, 0.5) is 17.6 Å². The summed E-state index contributed by atoms with van der Waals surface area (Å²) in [5.74, 6) is -2.09. The predicted molar refractivity (Wildman–Crippen MR) is 59.6 cm³/mol. The molecule has 0 atom stereocenters. The first-order valence-corrected chi connectivity index (χ1v) is 5.69. The molecule has 0 aromatic heterocycles. The number of alkyl halides is 3. The summed E-state index contributed by atoms with van der Waals surface area (Å²) < 4.78 is 50.3. The van der Waals surface area contributed by atoms with E-state index in [-0.39, 0.29) is 16.0 Å². The molecule has 0 aliphatic carbocycles. The van der Waals surface area contributed by atoms with Crippen LogP contribution in [0.5, 0.6) is 5.75 Å². The first kappa shape index (κ1) is 14.3. The Morgan fingerprint density at radius 1 is 1.35 bits per heavy atom. The highest BCUT2D eigenvalue weighted by Crippen LogP contribution is 2.37. The van der Waals surface area contributed by atoms with Gasteiger partial charge in [0.15, 0.2) is 11.6 Å². The van der Waals surface area contributed by atoms with Crippen LogP contribution in [0.15, 0.2) is 10.5 Å². The molecule has 0 unspecified atom stereocenters. The van der Waals surface area contributed by atoms with E-state index in [2.05, 4.69) is 15.9 Å². The highest BCUT2D eigenvalue weighted by molar-refractivity contribution is 9.10. The Balaban J connectivity index is 3.31. The summed E-state index contributed by atoms with van der Waals surface area (Å²) in [6, 6.07) is 1.32. The van der Waals surface area contributed by atoms with Crippen LogP contribution in [0.1, 0.15) is 30.9 Å². The Bertz CT molecular complexity index is 426. The second-order valence-corrected chi connectivity index (χ2v) is 4.89. The number of benzene rings is 1. The Labute approximate surface area is 105 Å². The molecule has 0 heterocycles. The molecule has 0 spiro atoms. The van der Waals surface area contributed by atoms with Crippen LogP contribution in [0.3, 0.4) is 0 Å². The SMILES string of the molecule is CC(C)c1cc(Br)c(CC(F)(F)F)c(F)c1O. The number of hydrogen-bond acceptors (Lipinski definition) is 1. The van der Waals surface area contributed by atoms with Crippen LogP contribution in [-0.2, 0) is 6.42 Å². The van der Waals surface area contributed by atoms with Gasteiger partial charge in [0.2, 0.25) is 0 Å². The van der Waals surface area contributed by atoms with Gasteiger partial charge < -0.3 is 5.11 Å². The summed E-state index contributed by atoms with van der Waals surface area (Å²) in [7, 11) is 0. The van der Waals surface area contributed by atoms with Gasteiger partial charge in [-0.15, -0.1) is 0 Å². The van der Waals surface area contributed by atoms with E-state index in [0.717, 1.165) is 0 Å². The van der Waals surface area contributed by atoms with Crippen LogP contribution >= 0.6 is 15.9 Å². The zero-order valence-corrected chi connectivity index (χ0v) is 10.8. The molecule has 96 valence electrons. The Morgan fingerprint density at radius 3 is 2.29 bits per heavy atom. The van der Waals surface area contributed by atoms with Crippen molar-refractivity contribution in [2.24, 2.45) is 0 Å². The third kappa shape index (κ3) is 3.34. The second-order valence-electron chi connectivity index (χ2n) is 4.04. The molecule has 17 heavy (non-hydrogen) atoms. The standard InChI is InChI=1S/C11H11BrF4O/c1-5(2)6-3-8(12)7(4-11(14,15)16)9(13)10(6)17/h3,5,17H,4H2,1-2H3. The molecule has 0 radical (unpaired) electrons. The van der Waals surface area contributed by atoms with Crippen molar-refractivity contribution in [1.29, 1.82) is 0 Å². The second kappa shape index (κ2) is 4.84. The zero-order chi connectivity index (χ0) is 13.4. The Morgan fingerprint density at radius 2 is 1.88 bits per heavy atom. The van der Waals surface area contributed by atoms with Gasteiger partial charge in [0, 0.05) is 15.6 Å². The number of phenolic OH excluding ortho intramolecular Hbond substituents is 1. The number of phenols is 1. The fourth-order valence-electron chi connectivity index (χ4n) is 1.47. The average molecular weight is 315 g/mol. The van der Waals surface area contributed by atoms with Gasteiger partial charge in [0.1, 0.15) is 0 Å². The minimum atomic E-state index is -4.52. The highest BCUT2D eigenvalue weighted by atomic mass is 79.9. The summed E-state index contributed by atoms with van der Waals surface area (Å²) >= 11 is 2.90. The maximum atomic E-state index is 13.6. The lowest BCUT2D eigenvalue weighted by atomic mass is 9.98. The molecule has 0 fully saturated rings. The third-order valence-corrected chi connectivity index (χ3v) is 3.02. The van der Waals surface area contributed by atoms with Crippen molar-refractivity contribution in [3.8, 4) is 5.75 Å². The Hall–Kier alpha value is -0.780. The molecule has 0 saturated heterocycles. The molecule has 1 aromatic carbocycles. The van der Waals surface area contributed by atoms with Gasteiger partial charge in [0.25, 0.3) is 0 Å². The van der Waals surface area contributed by atoms with Crippen molar-refractivity contribution in [2.75, 3.05) is 0 Å². The number of aromatic hydroxyl groups is 1. The largest absolute Gasteiger partial charge is 0.505 e. The van der Waals surface area contributed by atoms with E-state index in [1.165, 1.54) is 6.07 Å². The topological polar surface area (TPSA) is 20.2 Å². The number of halogens is 5. The van der Waals surface area contributed by atoms with Crippen molar-refractivity contribution in [3.05, 3.63) is 27.5 Å². The lowest BCUT2D eigenvalue weighted by molar-refractivity contribution is -0.127. The average Bonchev–Trinajstić information content (AvgIpc) is 2.16. The van der Waals surface area contributed by atoms with Crippen molar-refractivity contribution in [1.82, 2.24) is 0 Å². The fourth-order valence-corrected chi connectivity index (χ4v) is 2.03. The minimum Gasteiger partial charge on any atom is -0.505 e.